The van der Waals surface area contributed by atoms with Crippen molar-refractivity contribution in [3.05, 3.63) is 72.3 Å². The molecule has 1 fully saturated rings. The molecular weight excluding hydrogens is 344 g/mol. The lowest BCUT2D eigenvalue weighted by molar-refractivity contribution is 0.122. The summed E-state index contributed by atoms with van der Waals surface area (Å²) >= 11 is 5.28. The molecule has 0 aliphatic carbocycles. The first kappa shape index (κ1) is 18.2. The monoisotopic (exact) mass is 368 g/mol. The number of hydrogen-bond acceptors (Lipinski definition) is 4. The van der Waals surface area contributed by atoms with E-state index < -0.39 is 0 Å². The van der Waals surface area contributed by atoms with Gasteiger partial charge in [-0.05, 0) is 35.5 Å². The van der Waals surface area contributed by atoms with Gasteiger partial charge in [0.1, 0.15) is 0 Å². The Morgan fingerprint density at radius 2 is 1.69 bits per heavy atom. The molecule has 1 heterocycles. The second kappa shape index (κ2) is 9.22. The van der Waals surface area contributed by atoms with E-state index in [4.69, 9.17) is 17.0 Å². The summed E-state index contributed by atoms with van der Waals surface area (Å²) in [6.45, 7) is 8.17. The minimum Gasteiger partial charge on any atom is -0.378 e. The lowest BCUT2D eigenvalue weighted by Crippen LogP contribution is -2.42. The van der Waals surface area contributed by atoms with Crippen LogP contribution in [-0.2, 0) is 11.3 Å². The van der Waals surface area contributed by atoms with Crippen molar-refractivity contribution in [3.8, 4) is 0 Å². The molecule has 0 unspecified atom stereocenters. The minimum atomic E-state index is 0.528. The predicted octanol–water partition coefficient (Wildman–Crippen LogP) is 2.66. The van der Waals surface area contributed by atoms with Crippen LogP contribution in [0.1, 0.15) is 11.1 Å². The van der Waals surface area contributed by atoms with Crippen LogP contribution in [0, 0.1) is 0 Å². The summed E-state index contributed by atoms with van der Waals surface area (Å²) in [6, 6.07) is 18.5. The average molecular weight is 369 g/mol. The normalized spacial score (nSPS) is 13.8. The Morgan fingerprint density at radius 3 is 2.38 bits per heavy atom. The van der Waals surface area contributed by atoms with Gasteiger partial charge in [0.2, 0.25) is 0 Å². The smallest absolute Gasteiger partial charge is 0.185 e. The maximum Gasteiger partial charge on any atom is 0.185 e. The molecule has 2 aromatic rings. The van der Waals surface area contributed by atoms with E-state index in [1.165, 1.54) is 11.3 Å². The van der Waals surface area contributed by atoms with Gasteiger partial charge in [-0.1, -0.05) is 49.0 Å². The van der Waals surface area contributed by atoms with Crippen LogP contribution in [-0.4, -0.2) is 31.4 Å². The molecule has 0 atom stereocenters. The molecule has 1 aliphatic rings. The maximum absolute atomic E-state index is 5.39. The van der Waals surface area contributed by atoms with Crippen LogP contribution in [0.25, 0.3) is 5.70 Å². The number of anilines is 1. The first-order chi connectivity index (χ1) is 12.7. The third-order valence-corrected chi connectivity index (χ3v) is 4.46. The van der Waals surface area contributed by atoms with E-state index in [0.717, 1.165) is 37.6 Å². The number of ether oxygens (including phenoxy) is 1. The Balaban J connectivity index is 1.44. The van der Waals surface area contributed by atoms with Crippen LogP contribution in [0.4, 0.5) is 5.69 Å². The van der Waals surface area contributed by atoms with Gasteiger partial charge in [0.15, 0.2) is 5.11 Å². The van der Waals surface area contributed by atoms with E-state index in [1.54, 1.807) is 0 Å². The molecule has 3 rings (SSSR count). The molecule has 0 radical (unpaired) electrons. The van der Waals surface area contributed by atoms with E-state index in [0.29, 0.717) is 11.7 Å². The quantitative estimate of drug-likeness (QED) is 0.538. The highest BCUT2D eigenvalue weighted by atomic mass is 32.1. The number of nitrogens with zero attached hydrogens (tertiary/aromatic N) is 1. The summed E-state index contributed by atoms with van der Waals surface area (Å²) in [7, 11) is 0. The van der Waals surface area contributed by atoms with Gasteiger partial charge in [0.05, 0.1) is 18.9 Å². The molecule has 0 aromatic heterocycles. The maximum atomic E-state index is 5.39. The van der Waals surface area contributed by atoms with Gasteiger partial charge in [0.25, 0.3) is 0 Å². The summed E-state index contributed by atoms with van der Waals surface area (Å²) < 4.78 is 5.39. The summed E-state index contributed by atoms with van der Waals surface area (Å²) in [5.74, 6) is 0. The second-order valence-corrected chi connectivity index (χ2v) is 6.45. The Kier molecular flexibility index (Phi) is 6.46. The molecule has 0 spiro atoms. The number of rotatable bonds is 6. The van der Waals surface area contributed by atoms with E-state index >= 15 is 0 Å². The van der Waals surface area contributed by atoms with Crippen molar-refractivity contribution in [1.82, 2.24) is 16.2 Å². The number of hydrazine groups is 1. The Labute approximate surface area is 160 Å². The number of benzene rings is 2. The fourth-order valence-corrected chi connectivity index (χ4v) is 2.84. The number of thiocarbonyl (C=S) groups is 1. The molecule has 26 heavy (non-hydrogen) atoms. The van der Waals surface area contributed by atoms with Crippen LogP contribution in [0.3, 0.4) is 0 Å². The van der Waals surface area contributed by atoms with Crippen molar-refractivity contribution in [2.24, 2.45) is 0 Å². The van der Waals surface area contributed by atoms with Crippen molar-refractivity contribution in [1.29, 1.82) is 0 Å². The van der Waals surface area contributed by atoms with Gasteiger partial charge >= 0.3 is 0 Å². The molecule has 0 bridgehead atoms. The second-order valence-electron chi connectivity index (χ2n) is 6.04. The van der Waals surface area contributed by atoms with Crippen LogP contribution in [0.5, 0.6) is 0 Å². The summed E-state index contributed by atoms with van der Waals surface area (Å²) in [5.41, 5.74) is 10.2. The van der Waals surface area contributed by atoms with E-state index in [1.807, 2.05) is 18.2 Å². The van der Waals surface area contributed by atoms with E-state index in [-0.39, 0.29) is 0 Å². The summed E-state index contributed by atoms with van der Waals surface area (Å²) in [6.07, 6.45) is 0. The molecule has 1 aliphatic heterocycles. The number of nitrogens with one attached hydrogen (secondary N) is 3. The zero-order valence-corrected chi connectivity index (χ0v) is 15.5. The van der Waals surface area contributed by atoms with E-state index in [9.17, 15) is 0 Å². The zero-order valence-electron chi connectivity index (χ0n) is 14.7. The average Bonchev–Trinajstić information content (AvgIpc) is 2.72. The fraction of sp³-hybridized carbons (Fsp3) is 0.250. The Hall–Kier alpha value is -2.57. The topological polar surface area (TPSA) is 48.6 Å². The predicted molar refractivity (Wildman–Crippen MR) is 111 cm³/mol. The van der Waals surface area contributed by atoms with Gasteiger partial charge in [-0.25, -0.2) is 0 Å². The number of hydrogen-bond donors (Lipinski definition) is 3. The molecule has 1 saturated heterocycles. The van der Waals surface area contributed by atoms with Crippen LogP contribution < -0.4 is 21.1 Å². The van der Waals surface area contributed by atoms with Gasteiger partial charge < -0.3 is 15.0 Å². The van der Waals surface area contributed by atoms with Gasteiger partial charge in [-0.15, -0.1) is 0 Å². The van der Waals surface area contributed by atoms with Crippen molar-refractivity contribution in [3.63, 3.8) is 0 Å². The first-order valence-corrected chi connectivity index (χ1v) is 9.09. The largest absolute Gasteiger partial charge is 0.378 e. The van der Waals surface area contributed by atoms with Crippen molar-refractivity contribution >= 4 is 28.7 Å². The lowest BCUT2D eigenvalue weighted by Gasteiger charge is -2.29. The highest BCUT2D eigenvalue weighted by Crippen LogP contribution is 2.18. The molecule has 3 N–H and O–H groups in total. The van der Waals surface area contributed by atoms with Gasteiger partial charge in [0, 0.05) is 25.3 Å². The molecule has 5 nitrogen and oxygen atoms in total. The van der Waals surface area contributed by atoms with Crippen molar-refractivity contribution < 1.29 is 4.74 Å². The van der Waals surface area contributed by atoms with Crippen LogP contribution >= 0.6 is 12.2 Å². The van der Waals surface area contributed by atoms with Crippen molar-refractivity contribution in [2.45, 2.75) is 6.54 Å². The standard InChI is InChI=1S/C20H24N4OS/c1-16(22-23-20(26)21-15-17-5-3-2-4-6-17)18-7-9-19(10-8-18)24-11-13-25-14-12-24/h2-10,22H,1,11-15H2,(H2,21,23,26). The van der Waals surface area contributed by atoms with Gasteiger partial charge in [-0.2, -0.15) is 0 Å². The lowest BCUT2D eigenvalue weighted by atomic mass is 10.1. The molecule has 136 valence electrons. The third kappa shape index (κ3) is 5.21. The highest BCUT2D eigenvalue weighted by molar-refractivity contribution is 7.80. The van der Waals surface area contributed by atoms with Crippen LogP contribution in [0.15, 0.2) is 61.2 Å². The SMILES string of the molecule is C=C(NNC(=S)NCc1ccccc1)c1ccc(N2CCOCC2)cc1. The van der Waals surface area contributed by atoms with Crippen LogP contribution in [0.2, 0.25) is 0 Å². The fourth-order valence-electron chi connectivity index (χ4n) is 2.72. The minimum absolute atomic E-state index is 0.528. The molecule has 6 heteroatoms. The van der Waals surface area contributed by atoms with Crippen molar-refractivity contribution in [2.75, 3.05) is 31.2 Å². The van der Waals surface area contributed by atoms with E-state index in [2.05, 4.69) is 64.0 Å². The Morgan fingerprint density at radius 1 is 1.00 bits per heavy atom. The molecule has 0 saturated carbocycles. The third-order valence-electron chi connectivity index (χ3n) is 4.21. The first-order valence-electron chi connectivity index (χ1n) is 8.68. The zero-order chi connectivity index (χ0) is 18.2. The molecule has 2 aromatic carbocycles. The van der Waals surface area contributed by atoms with Gasteiger partial charge in [-0.3, -0.25) is 10.9 Å². The Bertz CT molecular complexity index is 727. The number of morpholine rings is 1. The highest BCUT2D eigenvalue weighted by Gasteiger charge is 2.11. The summed E-state index contributed by atoms with van der Waals surface area (Å²) in [4.78, 5) is 2.32. The molecular formula is C20H24N4OS. The summed E-state index contributed by atoms with van der Waals surface area (Å²) in [5, 5.41) is 3.68. The molecule has 0 amide bonds.